The molecule has 19 heavy (non-hydrogen) atoms. The van der Waals surface area contributed by atoms with Crippen molar-refractivity contribution in [3.8, 4) is 0 Å². The normalized spacial score (nSPS) is 13.4. The van der Waals surface area contributed by atoms with Gasteiger partial charge in [-0.1, -0.05) is 18.2 Å². The molecular formula is C13H16O6. The lowest BCUT2D eigenvalue weighted by atomic mass is 10.1. The minimum Gasteiger partial charge on any atom is -0.393 e. The summed E-state index contributed by atoms with van der Waals surface area (Å²) in [5.41, 5.74) is 0.250. The third-order valence-electron chi connectivity index (χ3n) is 2.24. The highest BCUT2D eigenvalue weighted by molar-refractivity contribution is 5.89. The lowest BCUT2D eigenvalue weighted by Crippen LogP contribution is -2.21. The summed E-state index contributed by atoms with van der Waals surface area (Å²) in [7, 11) is 0. The van der Waals surface area contributed by atoms with Crippen LogP contribution < -0.4 is 0 Å². The Hall–Kier alpha value is -1.92. The monoisotopic (exact) mass is 268 g/mol. The zero-order valence-electron chi connectivity index (χ0n) is 10.5. The van der Waals surface area contributed by atoms with Gasteiger partial charge in [0.05, 0.1) is 24.2 Å². The van der Waals surface area contributed by atoms with Crippen molar-refractivity contribution in [3.63, 3.8) is 0 Å². The van der Waals surface area contributed by atoms with E-state index < -0.39 is 24.1 Å². The number of hydrogen-bond acceptors (Lipinski definition) is 6. The van der Waals surface area contributed by atoms with E-state index in [1.165, 1.54) is 19.1 Å². The molecule has 0 bridgehead atoms. The molecule has 0 radical (unpaired) electrons. The van der Waals surface area contributed by atoms with Gasteiger partial charge in [0.2, 0.25) is 0 Å². The SMILES string of the molecule is CC(O)CC(O)CC(=O)OOC(=O)c1ccccc1. The lowest BCUT2D eigenvalue weighted by Gasteiger charge is -2.10. The van der Waals surface area contributed by atoms with Crippen molar-refractivity contribution in [3.05, 3.63) is 35.9 Å². The summed E-state index contributed by atoms with van der Waals surface area (Å²) in [6.45, 7) is 1.49. The topological polar surface area (TPSA) is 93.1 Å². The fraction of sp³-hybridized carbons (Fsp3) is 0.385. The maximum atomic E-state index is 11.4. The van der Waals surface area contributed by atoms with Crippen LogP contribution in [0.15, 0.2) is 30.3 Å². The molecule has 104 valence electrons. The molecule has 0 aliphatic rings. The second-order valence-corrected chi connectivity index (χ2v) is 4.13. The highest BCUT2D eigenvalue weighted by atomic mass is 17.2. The molecule has 2 atom stereocenters. The molecular weight excluding hydrogens is 252 g/mol. The number of benzene rings is 1. The standard InChI is InChI=1S/C13H16O6/c1-9(14)7-11(15)8-12(16)18-19-13(17)10-5-3-2-4-6-10/h2-6,9,11,14-15H,7-8H2,1H3. The van der Waals surface area contributed by atoms with Gasteiger partial charge in [-0.05, 0) is 25.5 Å². The Balaban J connectivity index is 2.32. The van der Waals surface area contributed by atoms with Crippen LogP contribution in [0.3, 0.4) is 0 Å². The first-order chi connectivity index (χ1) is 8.99. The Kier molecular flexibility index (Phi) is 5.98. The van der Waals surface area contributed by atoms with Gasteiger partial charge in [-0.25, -0.2) is 19.4 Å². The third kappa shape index (κ3) is 5.98. The van der Waals surface area contributed by atoms with Crippen molar-refractivity contribution in [2.24, 2.45) is 0 Å². The zero-order valence-corrected chi connectivity index (χ0v) is 10.5. The molecule has 1 aromatic carbocycles. The average Bonchev–Trinajstić information content (AvgIpc) is 2.36. The first kappa shape index (κ1) is 15.1. The van der Waals surface area contributed by atoms with E-state index in [1.807, 2.05) is 0 Å². The molecule has 6 nitrogen and oxygen atoms in total. The molecule has 2 unspecified atom stereocenters. The predicted octanol–water partition coefficient (Wildman–Crippen LogP) is 0.824. The van der Waals surface area contributed by atoms with Crippen LogP contribution in [0.1, 0.15) is 30.1 Å². The molecule has 0 saturated heterocycles. The Morgan fingerprint density at radius 3 is 2.37 bits per heavy atom. The zero-order chi connectivity index (χ0) is 14.3. The second kappa shape index (κ2) is 7.50. The Morgan fingerprint density at radius 2 is 1.79 bits per heavy atom. The molecule has 1 aromatic rings. The maximum absolute atomic E-state index is 11.4. The molecule has 0 amide bonds. The lowest BCUT2D eigenvalue weighted by molar-refractivity contribution is -0.235. The second-order valence-electron chi connectivity index (χ2n) is 4.13. The molecule has 0 heterocycles. The minimum absolute atomic E-state index is 0.0434. The van der Waals surface area contributed by atoms with E-state index >= 15 is 0 Å². The van der Waals surface area contributed by atoms with Crippen LogP contribution in [0, 0.1) is 0 Å². The van der Waals surface area contributed by atoms with Crippen LogP contribution in [0.5, 0.6) is 0 Å². The van der Waals surface area contributed by atoms with Gasteiger partial charge in [0.1, 0.15) is 0 Å². The fourth-order valence-corrected chi connectivity index (χ4v) is 1.41. The van der Waals surface area contributed by atoms with Crippen molar-refractivity contribution in [1.29, 1.82) is 0 Å². The summed E-state index contributed by atoms with van der Waals surface area (Å²) >= 11 is 0. The van der Waals surface area contributed by atoms with E-state index in [4.69, 9.17) is 5.11 Å². The van der Waals surface area contributed by atoms with E-state index in [0.717, 1.165) is 0 Å². The van der Waals surface area contributed by atoms with Gasteiger partial charge in [-0.2, -0.15) is 0 Å². The summed E-state index contributed by atoms with van der Waals surface area (Å²) in [5, 5.41) is 18.4. The van der Waals surface area contributed by atoms with Crippen molar-refractivity contribution in [2.45, 2.75) is 32.0 Å². The van der Waals surface area contributed by atoms with Gasteiger partial charge in [0.25, 0.3) is 0 Å². The van der Waals surface area contributed by atoms with Gasteiger partial charge in [0.15, 0.2) is 0 Å². The smallest absolute Gasteiger partial charge is 0.386 e. The number of aliphatic hydroxyl groups excluding tert-OH is 2. The number of rotatable bonds is 5. The van der Waals surface area contributed by atoms with E-state index in [2.05, 4.69) is 9.78 Å². The number of aliphatic hydroxyl groups is 2. The fourth-order valence-electron chi connectivity index (χ4n) is 1.41. The molecule has 0 aromatic heterocycles. The minimum atomic E-state index is -1.04. The van der Waals surface area contributed by atoms with Crippen molar-refractivity contribution < 1.29 is 29.6 Å². The average molecular weight is 268 g/mol. The van der Waals surface area contributed by atoms with E-state index in [9.17, 15) is 14.7 Å². The highest BCUT2D eigenvalue weighted by Gasteiger charge is 2.17. The maximum Gasteiger partial charge on any atom is 0.386 e. The van der Waals surface area contributed by atoms with Crippen LogP contribution in [0.4, 0.5) is 0 Å². The number of carbonyl (C=O) groups is 2. The Bertz CT molecular complexity index is 414. The first-order valence-electron chi connectivity index (χ1n) is 5.82. The number of carbonyl (C=O) groups excluding carboxylic acids is 2. The predicted molar refractivity (Wildman–Crippen MR) is 64.9 cm³/mol. The molecule has 0 aliphatic heterocycles. The summed E-state index contributed by atoms with van der Waals surface area (Å²) in [6.07, 6.45) is -2.08. The Labute approximate surface area is 110 Å². The van der Waals surface area contributed by atoms with E-state index in [-0.39, 0.29) is 18.4 Å². The quantitative estimate of drug-likeness (QED) is 0.606. The van der Waals surface area contributed by atoms with Crippen LogP contribution in [0.2, 0.25) is 0 Å². The molecule has 0 saturated carbocycles. The molecule has 0 spiro atoms. The number of hydrogen-bond donors (Lipinski definition) is 2. The van der Waals surface area contributed by atoms with E-state index in [1.54, 1.807) is 18.2 Å². The van der Waals surface area contributed by atoms with Gasteiger partial charge < -0.3 is 10.2 Å². The largest absolute Gasteiger partial charge is 0.393 e. The van der Waals surface area contributed by atoms with Crippen molar-refractivity contribution in [1.82, 2.24) is 0 Å². The molecule has 2 N–H and O–H groups in total. The van der Waals surface area contributed by atoms with Crippen LogP contribution in [0.25, 0.3) is 0 Å². The summed E-state index contributed by atoms with van der Waals surface area (Å²) < 4.78 is 0. The summed E-state index contributed by atoms with van der Waals surface area (Å²) in [6, 6.07) is 8.04. The van der Waals surface area contributed by atoms with Gasteiger partial charge >= 0.3 is 11.9 Å². The molecule has 0 fully saturated rings. The third-order valence-corrected chi connectivity index (χ3v) is 2.24. The first-order valence-corrected chi connectivity index (χ1v) is 5.82. The molecule has 1 rings (SSSR count). The van der Waals surface area contributed by atoms with Crippen LogP contribution in [-0.4, -0.2) is 34.4 Å². The Morgan fingerprint density at radius 1 is 1.16 bits per heavy atom. The van der Waals surface area contributed by atoms with Crippen LogP contribution in [-0.2, 0) is 14.6 Å². The van der Waals surface area contributed by atoms with Crippen LogP contribution >= 0.6 is 0 Å². The van der Waals surface area contributed by atoms with Crippen molar-refractivity contribution in [2.75, 3.05) is 0 Å². The molecule has 6 heteroatoms. The van der Waals surface area contributed by atoms with Gasteiger partial charge in [-0.3, -0.25) is 0 Å². The van der Waals surface area contributed by atoms with Gasteiger partial charge in [0, 0.05) is 0 Å². The van der Waals surface area contributed by atoms with Gasteiger partial charge in [-0.15, -0.1) is 0 Å². The molecule has 0 aliphatic carbocycles. The van der Waals surface area contributed by atoms with Crippen molar-refractivity contribution >= 4 is 11.9 Å². The summed E-state index contributed by atoms with van der Waals surface area (Å²) in [4.78, 5) is 31.3. The summed E-state index contributed by atoms with van der Waals surface area (Å²) in [5.74, 6) is -1.67. The van der Waals surface area contributed by atoms with E-state index in [0.29, 0.717) is 0 Å². The highest BCUT2D eigenvalue weighted by Crippen LogP contribution is 2.05.